The van der Waals surface area contributed by atoms with Gasteiger partial charge < -0.3 is 25.1 Å². The normalized spacial score (nSPS) is 11.0. The van der Waals surface area contributed by atoms with E-state index in [1.807, 2.05) is 31.9 Å². The molecule has 0 aliphatic heterocycles. The maximum absolute atomic E-state index is 12.8. The molecule has 0 fully saturated rings. The predicted molar refractivity (Wildman–Crippen MR) is 181 cm³/mol. The molecule has 0 aliphatic carbocycles. The third kappa shape index (κ3) is 9.39. The first-order valence-electron chi connectivity index (χ1n) is 16.5. The van der Waals surface area contributed by atoms with E-state index in [0.29, 0.717) is 38.3 Å². The maximum atomic E-state index is 12.8. The summed E-state index contributed by atoms with van der Waals surface area (Å²) in [6, 6.07) is 16.6. The lowest BCUT2D eigenvalue weighted by atomic mass is 10.0. The number of nitrogens with zero attached hydrogens (tertiary/aromatic N) is 4. The number of carbonyl (C=O) groups excluding carboxylic acids is 3. The van der Waals surface area contributed by atoms with Gasteiger partial charge >= 0.3 is 0 Å². The Balaban J connectivity index is 1.37. The highest BCUT2D eigenvalue weighted by Gasteiger charge is 2.17. The third-order valence-electron chi connectivity index (χ3n) is 7.73. The van der Waals surface area contributed by atoms with Crippen LogP contribution in [0.1, 0.15) is 77.9 Å². The Kier molecular flexibility index (Phi) is 12.7. The molecule has 46 heavy (non-hydrogen) atoms. The molecular weight excluding hydrogens is 578 g/mol. The fraction of sp³-hybridized carbons (Fsp3) is 0.417. The molecule has 0 unspecified atom stereocenters. The van der Waals surface area contributed by atoms with Crippen molar-refractivity contribution in [2.24, 2.45) is 0 Å². The van der Waals surface area contributed by atoms with Crippen LogP contribution in [-0.2, 0) is 27.5 Å². The number of hydrogen-bond acceptors (Lipinski definition) is 5. The Morgan fingerprint density at radius 2 is 1.04 bits per heavy atom. The molecule has 4 rings (SSSR count). The van der Waals surface area contributed by atoms with Crippen molar-refractivity contribution in [3.05, 3.63) is 72.6 Å². The van der Waals surface area contributed by atoms with Crippen molar-refractivity contribution in [2.45, 2.75) is 79.3 Å². The van der Waals surface area contributed by atoms with Gasteiger partial charge in [0.15, 0.2) is 0 Å². The molecule has 10 heteroatoms. The first-order chi connectivity index (χ1) is 22.3. The Morgan fingerprint density at radius 1 is 0.609 bits per heavy atom. The van der Waals surface area contributed by atoms with Crippen LogP contribution in [0.5, 0.6) is 0 Å². The van der Waals surface area contributed by atoms with Crippen molar-refractivity contribution < 1.29 is 14.4 Å². The summed E-state index contributed by atoms with van der Waals surface area (Å²) in [5, 5.41) is 2.71. The lowest BCUT2D eigenvalue weighted by Gasteiger charge is -2.21. The number of imidazole rings is 2. The van der Waals surface area contributed by atoms with Crippen LogP contribution in [-0.4, -0.2) is 67.1 Å². The van der Waals surface area contributed by atoms with E-state index < -0.39 is 0 Å². The molecule has 0 saturated carbocycles. The molecule has 0 atom stereocenters. The average molecular weight is 626 g/mol. The molecule has 0 bridgehead atoms. The maximum Gasteiger partial charge on any atom is 0.242 e. The van der Waals surface area contributed by atoms with E-state index in [9.17, 15) is 14.4 Å². The van der Waals surface area contributed by atoms with E-state index >= 15 is 0 Å². The average Bonchev–Trinajstić information content (AvgIpc) is 3.74. The van der Waals surface area contributed by atoms with Crippen molar-refractivity contribution >= 4 is 17.7 Å². The highest BCUT2D eigenvalue weighted by molar-refractivity contribution is 5.84. The minimum atomic E-state index is -0.120. The number of aromatic nitrogens is 4. The zero-order valence-electron chi connectivity index (χ0n) is 27.6. The molecule has 0 spiro atoms. The molecule has 2 heterocycles. The van der Waals surface area contributed by atoms with Gasteiger partial charge in [0.05, 0.1) is 43.4 Å². The molecule has 10 nitrogen and oxygen atoms in total. The second kappa shape index (κ2) is 17.1. The Bertz CT molecular complexity index is 1560. The minimum absolute atomic E-state index is 0.00313. The van der Waals surface area contributed by atoms with Crippen LogP contribution in [0.25, 0.3) is 33.6 Å². The second-order valence-corrected chi connectivity index (χ2v) is 11.5. The number of carbonyl (C=O) groups is 3. The van der Waals surface area contributed by atoms with Gasteiger partial charge in [0.2, 0.25) is 17.7 Å². The summed E-state index contributed by atoms with van der Waals surface area (Å²) in [6.45, 7) is 10.2. The molecule has 244 valence electrons. The monoisotopic (exact) mass is 625 g/mol. The van der Waals surface area contributed by atoms with Gasteiger partial charge in [-0.2, -0.15) is 0 Å². The van der Waals surface area contributed by atoms with Crippen molar-refractivity contribution in [1.82, 2.24) is 35.1 Å². The first-order valence-corrected chi connectivity index (χ1v) is 16.5. The fourth-order valence-corrected chi connectivity index (χ4v) is 5.32. The summed E-state index contributed by atoms with van der Waals surface area (Å²) in [5.74, 6) is 1.43. The largest absolute Gasteiger partial charge is 0.347 e. The zero-order chi connectivity index (χ0) is 32.9. The number of rotatable bonds is 17. The predicted octanol–water partition coefficient (Wildman–Crippen LogP) is 6.33. The second-order valence-electron chi connectivity index (χ2n) is 11.5. The van der Waals surface area contributed by atoms with E-state index in [1.54, 1.807) is 11.1 Å². The summed E-state index contributed by atoms with van der Waals surface area (Å²) in [7, 11) is 0. The standard InChI is InChI=1S/C36H47N7O3/c1-5-9-34(44)39-23-36(46)43(20-8-4)25-33-38-22-31(41-33)29-17-13-27(14-18-29)26-11-15-28(16-12-26)30-21-37-32(40-30)24-42(19-7-3)35(45)10-6-2/h11-18,21-22H,5-10,19-20,23-25H2,1-4H3,(H,37,40)(H,38,41)(H,39,44). The van der Waals surface area contributed by atoms with Gasteiger partial charge in [0.25, 0.3) is 0 Å². The molecule has 0 aliphatic rings. The summed E-state index contributed by atoms with van der Waals surface area (Å²) >= 11 is 0. The van der Waals surface area contributed by atoms with E-state index in [0.717, 1.165) is 71.7 Å². The topological polar surface area (TPSA) is 127 Å². The van der Waals surface area contributed by atoms with E-state index in [-0.39, 0.29) is 24.3 Å². The van der Waals surface area contributed by atoms with Crippen LogP contribution in [0.15, 0.2) is 60.9 Å². The number of benzene rings is 2. The third-order valence-corrected chi connectivity index (χ3v) is 7.73. The van der Waals surface area contributed by atoms with Gasteiger partial charge in [0, 0.05) is 25.9 Å². The lowest BCUT2D eigenvalue weighted by Crippen LogP contribution is -2.40. The SMILES string of the molecule is CCCC(=O)NCC(=O)N(CCC)Cc1ncc(-c2ccc(-c3ccc(-c4cnc(CN(CCC)C(=O)CCC)[nH]4)cc3)cc2)[nH]1. The van der Waals surface area contributed by atoms with Gasteiger partial charge in [-0.05, 0) is 47.9 Å². The van der Waals surface area contributed by atoms with Crippen molar-refractivity contribution in [2.75, 3.05) is 19.6 Å². The highest BCUT2D eigenvalue weighted by Crippen LogP contribution is 2.27. The first kappa shape index (κ1) is 34.1. The summed E-state index contributed by atoms with van der Waals surface area (Å²) in [5.41, 5.74) is 6.02. The van der Waals surface area contributed by atoms with Gasteiger partial charge in [-0.25, -0.2) is 9.97 Å². The molecule has 3 N–H and O–H groups in total. The minimum Gasteiger partial charge on any atom is -0.347 e. The molecule has 4 aromatic rings. The number of hydrogen-bond donors (Lipinski definition) is 3. The summed E-state index contributed by atoms with van der Waals surface area (Å²) in [4.78, 5) is 56.4. The Hall–Kier alpha value is -4.73. The zero-order valence-corrected chi connectivity index (χ0v) is 27.6. The van der Waals surface area contributed by atoms with Crippen molar-refractivity contribution in [3.8, 4) is 33.6 Å². The van der Waals surface area contributed by atoms with Gasteiger partial charge in [-0.1, -0.05) is 76.2 Å². The van der Waals surface area contributed by atoms with E-state index in [1.165, 1.54) is 0 Å². The molecule has 3 amide bonds. The number of aromatic amines is 2. The van der Waals surface area contributed by atoms with Crippen molar-refractivity contribution in [3.63, 3.8) is 0 Å². The summed E-state index contributed by atoms with van der Waals surface area (Å²) in [6.07, 6.45) is 7.90. The number of H-pyrrole nitrogens is 2. The van der Waals surface area contributed by atoms with Crippen LogP contribution < -0.4 is 5.32 Å². The Morgan fingerprint density at radius 3 is 1.48 bits per heavy atom. The lowest BCUT2D eigenvalue weighted by molar-refractivity contribution is -0.133. The van der Waals surface area contributed by atoms with Crippen LogP contribution in [0.2, 0.25) is 0 Å². The van der Waals surface area contributed by atoms with Crippen LogP contribution >= 0.6 is 0 Å². The van der Waals surface area contributed by atoms with Gasteiger partial charge in [-0.3, -0.25) is 14.4 Å². The fourth-order valence-electron chi connectivity index (χ4n) is 5.32. The molecule has 2 aromatic carbocycles. The Labute approximate surface area is 272 Å². The quantitative estimate of drug-likeness (QED) is 0.126. The number of nitrogens with one attached hydrogen (secondary N) is 3. The van der Waals surface area contributed by atoms with Gasteiger partial charge in [-0.15, -0.1) is 0 Å². The van der Waals surface area contributed by atoms with E-state index in [4.69, 9.17) is 0 Å². The van der Waals surface area contributed by atoms with Crippen LogP contribution in [0, 0.1) is 0 Å². The van der Waals surface area contributed by atoms with Crippen LogP contribution in [0.3, 0.4) is 0 Å². The van der Waals surface area contributed by atoms with Crippen molar-refractivity contribution in [1.29, 1.82) is 0 Å². The van der Waals surface area contributed by atoms with Gasteiger partial charge in [0.1, 0.15) is 11.6 Å². The molecule has 0 radical (unpaired) electrons. The summed E-state index contributed by atoms with van der Waals surface area (Å²) < 4.78 is 0. The highest BCUT2D eigenvalue weighted by atomic mass is 16.2. The molecule has 2 aromatic heterocycles. The smallest absolute Gasteiger partial charge is 0.242 e. The molecular formula is C36H47N7O3. The van der Waals surface area contributed by atoms with Crippen LogP contribution in [0.4, 0.5) is 0 Å². The number of amides is 3. The molecule has 0 saturated heterocycles. The van der Waals surface area contributed by atoms with E-state index in [2.05, 4.69) is 80.7 Å².